The third kappa shape index (κ3) is 2.19. The Bertz CT molecular complexity index is 194. The fourth-order valence-electron chi connectivity index (χ4n) is 1.06. The average Bonchev–Trinajstić information content (AvgIpc) is 2.09. The molecule has 0 aliphatic carbocycles. The first-order chi connectivity index (χ1) is 5.38. The molecule has 1 rings (SSSR count). The van der Waals surface area contributed by atoms with Crippen LogP contribution in [0.5, 0.6) is 0 Å². The molecule has 60 valence electrons. The Hall–Kier alpha value is -0.560. The topological polar surface area (TPSA) is 3.88 Å². The van der Waals surface area contributed by atoms with E-state index in [1.54, 1.807) is 0 Å². The number of hydrogen-bond acceptors (Lipinski definition) is 0. The molecule has 11 heavy (non-hydrogen) atoms. The zero-order chi connectivity index (χ0) is 8.10. The molecule has 0 aliphatic heterocycles. The monoisotopic (exact) mass is 170 g/mol. The van der Waals surface area contributed by atoms with Crippen molar-refractivity contribution < 1.29 is 4.57 Å². The Morgan fingerprint density at radius 3 is 2.36 bits per heavy atom. The van der Waals surface area contributed by atoms with Crippen LogP contribution in [0.3, 0.4) is 0 Å². The smallest absolute Gasteiger partial charge is 0.171 e. The van der Waals surface area contributed by atoms with E-state index in [2.05, 4.69) is 23.9 Å². The Balaban J connectivity index is 2.74. The molecule has 1 nitrogen and oxygen atoms in total. The van der Waals surface area contributed by atoms with E-state index >= 15 is 0 Å². The van der Waals surface area contributed by atoms with Crippen molar-refractivity contribution in [1.82, 2.24) is 0 Å². The maximum Gasteiger partial charge on any atom is 0.171 e. The first-order valence-corrected chi connectivity index (χ1v) is 4.43. The van der Waals surface area contributed by atoms with Gasteiger partial charge in [0, 0.05) is 18.6 Å². The Morgan fingerprint density at radius 1 is 1.27 bits per heavy atom. The van der Waals surface area contributed by atoms with Gasteiger partial charge in [0.2, 0.25) is 0 Å². The summed E-state index contributed by atoms with van der Waals surface area (Å²) in [5, 5.41) is 0. The normalized spacial score (nSPS) is 12.9. The molecule has 1 aromatic heterocycles. The summed E-state index contributed by atoms with van der Waals surface area (Å²) in [5.41, 5.74) is 0. The summed E-state index contributed by atoms with van der Waals surface area (Å²) in [6.45, 7) is 2.15. The van der Waals surface area contributed by atoms with Crippen molar-refractivity contribution in [2.45, 2.75) is 19.4 Å². The minimum Gasteiger partial charge on any atom is -0.201 e. The van der Waals surface area contributed by atoms with E-state index in [-0.39, 0.29) is 0 Å². The summed E-state index contributed by atoms with van der Waals surface area (Å²) < 4.78 is 2.15. The molecule has 0 saturated heterocycles. The van der Waals surface area contributed by atoms with E-state index in [1.807, 2.05) is 18.2 Å². The first kappa shape index (κ1) is 8.54. The molecule has 0 fully saturated rings. The summed E-state index contributed by atoms with van der Waals surface area (Å²) in [6, 6.07) is 6.50. The third-order valence-corrected chi connectivity index (χ3v) is 2.17. The van der Waals surface area contributed by atoms with Crippen molar-refractivity contribution in [2.24, 2.45) is 0 Å². The minimum absolute atomic E-state index is 0.442. The molecule has 0 N–H and O–H groups in total. The lowest BCUT2D eigenvalue weighted by atomic mass is 10.2. The van der Waals surface area contributed by atoms with Gasteiger partial charge >= 0.3 is 0 Å². The lowest BCUT2D eigenvalue weighted by Crippen LogP contribution is -2.39. The van der Waals surface area contributed by atoms with Crippen molar-refractivity contribution in [3.05, 3.63) is 30.6 Å². The van der Waals surface area contributed by atoms with Crippen molar-refractivity contribution in [2.75, 3.05) is 5.88 Å². The maximum absolute atomic E-state index is 5.78. The van der Waals surface area contributed by atoms with Crippen LogP contribution in [0.2, 0.25) is 0 Å². The van der Waals surface area contributed by atoms with Crippen molar-refractivity contribution >= 4 is 11.6 Å². The molecule has 0 aromatic carbocycles. The van der Waals surface area contributed by atoms with E-state index in [1.165, 1.54) is 0 Å². The van der Waals surface area contributed by atoms with Crippen LogP contribution < -0.4 is 4.57 Å². The number of alkyl halides is 1. The number of halogens is 1. The van der Waals surface area contributed by atoms with Gasteiger partial charge in [0.1, 0.15) is 0 Å². The van der Waals surface area contributed by atoms with Gasteiger partial charge in [-0.25, -0.2) is 4.57 Å². The standard InChI is InChI=1S/C9H13ClN/c1-2-9(8-10)11-6-4-3-5-7-11/h3-7,9H,2,8H2,1H3/q+1/t9-/m0/s1. The van der Waals surface area contributed by atoms with Gasteiger partial charge in [0.05, 0.1) is 5.88 Å². The molecule has 1 aromatic rings. The highest BCUT2D eigenvalue weighted by atomic mass is 35.5. The van der Waals surface area contributed by atoms with Crippen molar-refractivity contribution in [3.63, 3.8) is 0 Å². The van der Waals surface area contributed by atoms with Gasteiger partial charge in [-0.1, -0.05) is 13.0 Å². The molecule has 0 amide bonds. The summed E-state index contributed by atoms with van der Waals surface area (Å²) >= 11 is 5.78. The molecule has 0 unspecified atom stereocenters. The number of nitrogens with zero attached hydrogens (tertiary/aromatic N) is 1. The fraction of sp³-hybridized carbons (Fsp3) is 0.444. The van der Waals surface area contributed by atoms with Crippen LogP contribution in [-0.2, 0) is 0 Å². The van der Waals surface area contributed by atoms with E-state index in [9.17, 15) is 0 Å². The van der Waals surface area contributed by atoms with E-state index in [4.69, 9.17) is 11.6 Å². The minimum atomic E-state index is 0.442. The molecular weight excluding hydrogens is 158 g/mol. The molecule has 1 heterocycles. The molecular formula is C9H13ClN+. The van der Waals surface area contributed by atoms with Gasteiger partial charge in [-0.2, -0.15) is 0 Å². The zero-order valence-corrected chi connectivity index (χ0v) is 7.46. The van der Waals surface area contributed by atoms with Crippen LogP contribution in [0.25, 0.3) is 0 Å². The molecule has 0 radical (unpaired) electrons. The number of hydrogen-bond donors (Lipinski definition) is 0. The first-order valence-electron chi connectivity index (χ1n) is 3.90. The third-order valence-electron chi connectivity index (χ3n) is 1.81. The van der Waals surface area contributed by atoms with Gasteiger partial charge in [0.15, 0.2) is 18.4 Å². The van der Waals surface area contributed by atoms with Crippen LogP contribution in [-0.4, -0.2) is 5.88 Å². The summed E-state index contributed by atoms with van der Waals surface area (Å²) in [4.78, 5) is 0. The number of rotatable bonds is 3. The largest absolute Gasteiger partial charge is 0.201 e. The number of aromatic nitrogens is 1. The summed E-state index contributed by atoms with van der Waals surface area (Å²) in [6.07, 6.45) is 5.19. The predicted molar refractivity (Wildman–Crippen MR) is 46.7 cm³/mol. The second-order valence-electron chi connectivity index (χ2n) is 2.54. The van der Waals surface area contributed by atoms with Gasteiger partial charge in [-0.05, 0) is 0 Å². The highest BCUT2D eigenvalue weighted by molar-refractivity contribution is 6.18. The van der Waals surface area contributed by atoms with E-state index in [0.717, 1.165) is 6.42 Å². The Morgan fingerprint density at radius 2 is 1.91 bits per heavy atom. The molecule has 0 aliphatic rings. The second kappa shape index (κ2) is 4.35. The highest BCUT2D eigenvalue weighted by Crippen LogP contribution is 2.03. The Kier molecular flexibility index (Phi) is 3.37. The van der Waals surface area contributed by atoms with Gasteiger partial charge in [-0.15, -0.1) is 11.6 Å². The highest BCUT2D eigenvalue weighted by Gasteiger charge is 2.12. The molecule has 0 spiro atoms. The molecule has 2 heteroatoms. The fourth-order valence-corrected chi connectivity index (χ4v) is 1.43. The molecule has 0 bridgehead atoms. The maximum atomic E-state index is 5.78. The number of pyridine rings is 1. The SMILES string of the molecule is CC[C@@H](CCl)[n+]1ccccc1. The molecule has 0 saturated carbocycles. The van der Waals surface area contributed by atoms with Crippen LogP contribution in [0.4, 0.5) is 0 Å². The zero-order valence-electron chi connectivity index (χ0n) is 6.70. The lowest BCUT2D eigenvalue weighted by Gasteiger charge is -2.04. The van der Waals surface area contributed by atoms with E-state index in [0.29, 0.717) is 11.9 Å². The summed E-state index contributed by atoms with van der Waals surface area (Å²) in [5.74, 6) is 0.686. The van der Waals surface area contributed by atoms with Gasteiger partial charge in [-0.3, -0.25) is 0 Å². The quantitative estimate of drug-likeness (QED) is 0.484. The average molecular weight is 171 g/mol. The van der Waals surface area contributed by atoms with Crippen LogP contribution in [0, 0.1) is 0 Å². The second-order valence-corrected chi connectivity index (χ2v) is 2.85. The predicted octanol–water partition coefficient (Wildman–Crippen LogP) is 2.16. The van der Waals surface area contributed by atoms with Crippen LogP contribution >= 0.6 is 11.6 Å². The van der Waals surface area contributed by atoms with Crippen molar-refractivity contribution in [1.29, 1.82) is 0 Å². The van der Waals surface area contributed by atoms with Crippen molar-refractivity contribution in [3.8, 4) is 0 Å². The van der Waals surface area contributed by atoms with Crippen LogP contribution in [0.1, 0.15) is 19.4 Å². The summed E-state index contributed by atoms with van der Waals surface area (Å²) in [7, 11) is 0. The lowest BCUT2D eigenvalue weighted by molar-refractivity contribution is -0.719. The van der Waals surface area contributed by atoms with Gasteiger partial charge in [0.25, 0.3) is 0 Å². The Labute approximate surface area is 72.6 Å². The molecule has 1 atom stereocenters. The van der Waals surface area contributed by atoms with E-state index < -0.39 is 0 Å². The van der Waals surface area contributed by atoms with Gasteiger partial charge < -0.3 is 0 Å². The van der Waals surface area contributed by atoms with Crippen LogP contribution in [0.15, 0.2) is 30.6 Å².